The molecule has 122 valence electrons. The summed E-state index contributed by atoms with van der Waals surface area (Å²) in [7, 11) is 1.71. The summed E-state index contributed by atoms with van der Waals surface area (Å²) < 4.78 is 0. The highest BCUT2D eigenvalue weighted by atomic mass is 16.2. The molecule has 0 saturated carbocycles. The summed E-state index contributed by atoms with van der Waals surface area (Å²) in [5.74, 6) is -0.239. The number of rotatable bonds is 3. The number of nitrogens with one attached hydrogen (secondary N) is 2. The predicted octanol–water partition coefficient (Wildman–Crippen LogP) is 3.71. The summed E-state index contributed by atoms with van der Waals surface area (Å²) >= 11 is 0. The Morgan fingerprint density at radius 1 is 1.04 bits per heavy atom. The number of hydrogen-bond donors (Lipinski definition) is 2. The third kappa shape index (κ3) is 3.15. The van der Waals surface area contributed by atoms with Gasteiger partial charge in [-0.2, -0.15) is 0 Å². The van der Waals surface area contributed by atoms with Crippen LogP contribution < -0.4 is 10.2 Å². The minimum atomic E-state index is -0.198. The average Bonchev–Trinajstić information content (AvgIpc) is 2.98. The van der Waals surface area contributed by atoms with Crippen LogP contribution >= 0.6 is 0 Å². The van der Waals surface area contributed by atoms with Gasteiger partial charge in [0.1, 0.15) is 5.69 Å². The summed E-state index contributed by atoms with van der Waals surface area (Å²) in [6.45, 7) is 3.52. The molecule has 3 rings (SSSR count). The van der Waals surface area contributed by atoms with Crippen LogP contribution in [0.15, 0.2) is 48.5 Å². The van der Waals surface area contributed by atoms with E-state index in [4.69, 9.17) is 0 Å². The number of anilines is 2. The van der Waals surface area contributed by atoms with Crippen LogP contribution in [-0.2, 0) is 4.79 Å². The fraction of sp³-hybridized carbons (Fsp3) is 0.158. The predicted molar refractivity (Wildman–Crippen MR) is 96.5 cm³/mol. The molecule has 1 heterocycles. The van der Waals surface area contributed by atoms with E-state index in [0.29, 0.717) is 11.4 Å². The molecular formula is C19H19N3O2. The van der Waals surface area contributed by atoms with E-state index in [9.17, 15) is 9.59 Å². The van der Waals surface area contributed by atoms with E-state index in [1.165, 1.54) is 6.92 Å². The highest BCUT2D eigenvalue weighted by molar-refractivity contribution is 6.06. The van der Waals surface area contributed by atoms with Crippen molar-refractivity contribution in [1.29, 1.82) is 0 Å². The van der Waals surface area contributed by atoms with Crippen LogP contribution in [0.4, 0.5) is 11.4 Å². The largest absolute Gasteiger partial charge is 0.351 e. The van der Waals surface area contributed by atoms with Gasteiger partial charge in [-0.05, 0) is 48.9 Å². The molecule has 0 radical (unpaired) electrons. The second-order valence-corrected chi connectivity index (χ2v) is 5.85. The topological polar surface area (TPSA) is 65.2 Å². The van der Waals surface area contributed by atoms with Gasteiger partial charge in [-0.1, -0.05) is 12.1 Å². The van der Waals surface area contributed by atoms with Crippen LogP contribution in [0.1, 0.15) is 23.0 Å². The lowest BCUT2D eigenvalue weighted by Crippen LogP contribution is -2.22. The van der Waals surface area contributed by atoms with Gasteiger partial charge in [-0.25, -0.2) is 0 Å². The van der Waals surface area contributed by atoms with E-state index in [1.54, 1.807) is 36.2 Å². The number of hydrogen-bond acceptors (Lipinski definition) is 2. The fourth-order valence-corrected chi connectivity index (χ4v) is 2.51. The molecule has 0 atom stereocenters. The molecule has 1 aromatic heterocycles. The first kappa shape index (κ1) is 15.8. The molecular weight excluding hydrogens is 302 g/mol. The summed E-state index contributed by atoms with van der Waals surface area (Å²) in [5.41, 5.74) is 4.05. The molecule has 0 fully saturated rings. The molecule has 0 bridgehead atoms. The van der Waals surface area contributed by atoms with Crippen molar-refractivity contribution in [3.63, 3.8) is 0 Å². The average molecular weight is 321 g/mol. The summed E-state index contributed by atoms with van der Waals surface area (Å²) in [5, 5.41) is 3.86. The number of fused-ring (bicyclic) bond motifs is 1. The molecule has 0 aliphatic carbocycles. The molecule has 24 heavy (non-hydrogen) atoms. The Hall–Kier alpha value is -3.08. The van der Waals surface area contributed by atoms with Crippen molar-refractivity contribution >= 4 is 34.1 Å². The maximum Gasteiger partial charge on any atom is 0.272 e. The summed E-state index contributed by atoms with van der Waals surface area (Å²) in [6.07, 6.45) is 0. The Labute approximate surface area is 140 Å². The van der Waals surface area contributed by atoms with Gasteiger partial charge in [0.25, 0.3) is 5.91 Å². The van der Waals surface area contributed by atoms with Crippen LogP contribution in [-0.4, -0.2) is 23.8 Å². The Balaban J connectivity index is 1.77. The van der Waals surface area contributed by atoms with Crippen LogP contribution in [0.5, 0.6) is 0 Å². The van der Waals surface area contributed by atoms with E-state index < -0.39 is 0 Å². The van der Waals surface area contributed by atoms with Crippen molar-refractivity contribution in [3.05, 3.63) is 59.8 Å². The number of H-pyrrole nitrogens is 1. The minimum Gasteiger partial charge on any atom is -0.351 e. The van der Waals surface area contributed by atoms with Crippen LogP contribution in [0.2, 0.25) is 0 Å². The smallest absolute Gasteiger partial charge is 0.272 e. The first-order chi connectivity index (χ1) is 11.4. The quantitative estimate of drug-likeness (QED) is 0.772. The number of aryl methyl sites for hydroxylation is 1. The molecule has 3 aromatic rings. The van der Waals surface area contributed by atoms with Crippen LogP contribution in [0.3, 0.4) is 0 Å². The summed E-state index contributed by atoms with van der Waals surface area (Å²) in [4.78, 5) is 28.4. The Morgan fingerprint density at radius 2 is 1.75 bits per heavy atom. The summed E-state index contributed by atoms with van der Waals surface area (Å²) in [6, 6.07) is 15.0. The molecule has 2 amide bonds. The SMILES string of the molecule is CC(=O)N(C)c1ccc(NC(=O)c2cc3ccc(C)cc3[nH]2)cc1. The van der Waals surface area contributed by atoms with Gasteiger partial charge in [0.05, 0.1) is 0 Å². The molecule has 0 aliphatic rings. The van der Waals surface area contributed by atoms with Crippen molar-refractivity contribution < 1.29 is 9.59 Å². The van der Waals surface area contributed by atoms with Crippen LogP contribution in [0.25, 0.3) is 10.9 Å². The molecule has 0 unspecified atom stereocenters. The maximum atomic E-state index is 12.4. The van der Waals surface area contributed by atoms with Gasteiger partial charge in [0, 0.05) is 36.2 Å². The number of carbonyl (C=O) groups excluding carboxylic acids is 2. The van der Waals surface area contributed by atoms with Gasteiger partial charge in [0.15, 0.2) is 0 Å². The van der Waals surface area contributed by atoms with E-state index in [0.717, 1.165) is 22.2 Å². The molecule has 2 aromatic carbocycles. The highest BCUT2D eigenvalue weighted by Crippen LogP contribution is 2.20. The van der Waals surface area contributed by atoms with Crippen molar-refractivity contribution in [3.8, 4) is 0 Å². The van der Waals surface area contributed by atoms with E-state index in [2.05, 4.69) is 10.3 Å². The van der Waals surface area contributed by atoms with Gasteiger partial charge in [0.2, 0.25) is 5.91 Å². The Morgan fingerprint density at radius 3 is 2.42 bits per heavy atom. The number of benzene rings is 2. The molecule has 0 spiro atoms. The molecule has 0 aliphatic heterocycles. The zero-order chi connectivity index (χ0) is 17.3. The highest BCUT2D eigenvalue weighted by Gasteiger charge is 2.11. The lowest BCUT2D eigenvalue weighted by Gasteiger charge is -2.15. The number of nitrogens with zero attached hydrogens (tertiary/aromatic N) is 1. The first-order valence-corrected chi connectivity index (χ1v) is 7.69. The first-order valence-electron chi connectivity index (χ1n) is 7.69. The molecule has 2 N–H and O–H groups in total. The van der Waals surface area contributed by atoms with Gasteiger partial charge in [-0.3, -0.25) is 9.59 Å². The minimum absolute atomic E-state index is 0.0415. The second-order valence-electron chi connectivity index (χ2n) is 5.85. The number of amides is 2. The monoisotopic (exact) mass is 321 g/mol. The second kappa shape index (κ2) is 6.20. The lowest BCUT2D eigenvalue weighted by atomic mass is 10.2. The van der Waals surface area contributed by atoms with E-state index in [-0.39, 0.29) is 11.8 Å². The van der Waals surface area contributed by atoms with Crippen molar-refractivity contribution in [2.45, 2.75) is 13.8 Å². The third-order valence-electron chi connectivity index (χ3n) is 4.01. The molecule has 0 saturated heterocycles. The zero-order valence-corrected chi connectivity index (χ0v) is 13.9. The van der Waals surface area contributed by atoms with Crippen molar-refractivity contribution in [1.82, 2.24) is 4.98 Å². The van der Waals surface area contributed by atoms with E-state index >= 15 is 0 Å². The van der Waals surface area contributed by atoms with Gasteiger partial charge < -0.3 is 15.2 Å². The van der Waals surface area contributed by atoms with Crippen molar-refractivity contribution in [2.75, 3.05) is 17.3 Å². The zero-order valence-electron chi connectivity index (χ0n) is 13.9. The maximum absolute atomic E-state index is 12.4. The number of carbonyl (C=O) groups is 2. The lowest BCUT2D eigenvalue weighted by molar-refractivity contribution is -0.116. The standard InChI is InChI=1S/C19H19N3O2/c1-12-4-5-14-11-18(21-17(14)10-12)19(24)20-15-6-8-16(9-7-15)22(3)13(2)23/h4-11,21H,1-3H3,(H,20,24). The third-order valence-corrected chi connectivity index (χ3v) is 4.01. The van der Waals surface area contributed by atoms with Crippen LogP contribution in [0, 0.1) is 6.92 Å². The molecule has 5 nitrogen and oxygen atoms in total. The fourth-order valence-electron chi connectivity index (χ4n) is 2.51. The molecule has 5 heteroatoms. The van der Waals surface area contributed by atoms with Gasteiger partial charge in [-0.15, -0.1) is 0 Å². The van der Waals surface area contributed by atoms with Gasteiger partial charge >= 0.3 is 0 Å². The number of aromatic amines is 1. The van der Waals surface area contributed by atoms with E-state index in [1.807, 2.05) is 31.2 Å². The van der Waals surface area contributed by atoms with Crippen molar-refractivity contribution in [2.24, 2.45) is 0 Å². The number of aromatic nitrogens is 1. The normalized spacial score (nSPS) is 10.6. The Bertz CT molecular complexity index is 910. The Kier molecular flexibility index (Phi) is 4.08.